The Morgan fingerprint density at radius 2 is 1.62 bits per heavy atom. The number of rotatable bonds is 2. The predicted molar refractivity (Wildman–Crippen MR) is 50.3 cm³/mol. The molecule has 0 N–H and O–H groups in total. The molecule has 0 aromatic carbocycles. The van der Waals surface area contributed by atoms with Crippen LogP contribution in [-0.2, 0) is 9.53 Å². The molecule has 0 amide bonds. The summed E-state index contributed by atoms with van der Waals surface area (Å²) >= 11 is 0. The zero-order valence-electron chi connectivity index (χ0n) is 8.13. The van der Waals surface area contributed by atoms with Gasteiger partial charge in [-0.15, -0.1) is 0 Å². The number of carbonyl (C=O) groups excluding carboxylic acids is 1. The van der Waals surface area contributed by atoms with E-state index < -0.39 is 0 Å². The Morgan fingerprint density at radius 3 is 2.15 bits per heavy atom. The first kappa shape index (κ1) is 9.04. The Hall–Kier alpha value is -0.530. The third-order valence-corrected chi connectivity index (χ3v) is 3.27. The van der Waals surface area contributed by atoms with Crippen molar-refractivity contribution in [2.45, 2.75) is 57.5 Å². The second-order valence-electron chi connectivity index (χ2n) is 4.32. The summed E-state index contributed by atoms with van der Waals surface area (Å²) in [7, 11) is 0. The van der Waals surface area contributed by atoms with Crippen molar-refractivity contribution in [1.82, 2.24) is 0 Å². The van der Waals surface area contributed by atoms with Gasteiger partial charge >= 0.3 is 5.97 Å². The summed E-state index contributed by atoms with van der Waals surface area (Å²) in [4.78, 5) is 11.5. The van der Waals surface area contributed by atoms with E-state index in [1.165, 1.54) is 25.7 Å². The molecule has 0 aromatic heterocycles. The van der Waals surface area contributed by atoms with Crippen molar-refractivity contribution in [3.8, 4) is 0 Å². The molecule has 0 bridgehead atoms. The minimum absolute atomic E-state index is 0.0816. The van der Waals surface area contributed by atoms with Crippen LogP contribution in [0.25, 0.3) is 0 Å². The van der Waals surface area contributed by atoms with E-state index in [1.807, 2.05) is 0 Å². The van der Waals surface area contributed by atoms with Gasteiger partial charge in [0, 0.05) is 0 Å². The normalized spacial score (nSPS) is 25.2. The summed E-state index contributed by atoms with van der Waals surface area (Å²) < 4.78 is 5.46. The standard InChI is InChI=1S/C11H18O2/c12-11(9-5-4-6-9)13-10-7-2-1-3-8-10/h9-10H,1-8H2. The minimum atomic E-state index is 0.0816. The van der Waals surface area contributed by atoms with Gasteiger partial charge in [-0.3, -0.25) is 4.79 Å². The molecule has 2 aliphatic rings. The molecular weight excluding hydrogens is 164 g/mol. The van der Waals surface area contributed by atoms with Crippen molar-refractivity contribution >= 4 is 5.97 Å². The Labute approximate surface area is 79.7 Å². The zero-order valence-corrected chi connectivity index (χ0v) is 8.13. The average Bonchev–Trinajstić information content (AvgIpc) is 2.02. The summed E-state index contributed by atoms with van der Waals surface area (Å²) in [6.07, 6.45) is 9.57. The van der Waals surface area contributed by atoms with Gasteiger partial charge < -0.3 is 4.74 Å². The molecule has 2 heteroatoms. The van der Waals surface area contributed by atoms with Crippen LogP contribution in [0.3, 0.4) is 0 Å². The largest absolute Gasteiger partial charge is 0.462 e. The zero-order chi connectivity index (χ0) is 9.10. The molecule has 0 heterocycles. The molecule has 0 unspecified atom stereocenters. The van der Waals surface area contributed by atoms with Crippen LogP contribution in [0.1, 0.15) is 51.4 Å². The molecule has 0 atom stereocenters. The van der Waals surface area contributed by atoms with Crippen molar-refractivity contribution in [3.05, 3.63) is 0 Å². The van der Waals surface area contributed by atoms with E-state index >= 15 is 0 Å². The SMILES string of the molecule is O=C(OC1CCCCC1)C1CCC1. The number of carbonyl (C=O) groups is 1. The second kappa shape index (κ2) is 4.12. The molecule has 0 radical (unpaired) electrons. The highest BCUT2D eigenvalue weighted by Gasteiger charge is 2.29. The van der Waals surface area contributed by atoms with Crippen molar-refractivity contribution in [1.29, 1.82) is 0 Å². The van der Waals surface area contributed by atoms with Crippen LogP contribution in [0.5, 0.6) is 0 Å². The molecule has 13 heavy (non-hydrogen) atoms. The quantitative estimate of drug-likeness (QED) is 0.614. The van der Waals surface area contributed by atoms with Gasteiger partial charge in [-0.05, 0) is 38.5 Å². The Morgan fingerprint density at radius 1 is 0.923 bits per heavy atom. The van der Waals surface area contributed by atoms with E-state index in [0.717, 1.165) is 25.7 Å². The van der Waals surface area contributed by atoms with Crippen LogP contribution in [0.4, 0.5) is 0 Å². The van der Waals surface area contributed by atoms with Crippen molar-refractivity contribution in [3.63, 3.8) is 0 Å². The highest BCUT2D eigenvalue weighted by molar-refractivity contribution is 5.73. The van der Waals surface area contributed by atoms with E-state index in [2.05, 4.69) is 0 Å². The van der Waals surface area contributed by atoms with E-state index in [9.17, 15) is 4.79 Å². The van der Waals surface area contributed by atoms with E-state index in [0.29, 0.717) is 0 Å². The van der Waals surface area contributed by atoms with Gasteiger partial charge in [0.25, 0.3) is 0 Å². The monoisotopic (exact) mass is 182 g/mol. The maximum atomic E-state index is 11.5. The maximum absolute atomic E-state index is 11.5. The number of hydrogen-bond donors (Lipinski definition) is 0. The van der Waals surface area contributed by atoms with Crippen molar-refractivity contribution in [2.24, 2.45) is 5.92 Å². The van der Waals surface area contributed by atoms with Crippen LogP contribution in [-0.4, -0.2) is 12.1 Å². The van der Waals surface area contributed by atoms with Gasteiger partial charge in [-0.25, -0.2) is 0 Å². The van der Waals surface area contributed by atoms with Crippen LogP contribution in [0.15, 0.2) is 0 Å². The molecule has 0 aliphatic heterocycles. The van der Waals surface area contributed by atoms with Crippen LogP contribution in [0.2, 0.25) is 0 Å². The van der Waals surface area contributed by atoms with Crippen LogP contribution < -0.4 is 0 Å². The first-order chi connectivity index (χ1) is 6.36. The summed E-state index contributed by atoms with van der Waals surface area (Å²) in [5.41, 5.74) is 0. The molecular formula is C11H18O2. The molecule has 2 aliphatic carbocycles. The fourth-order valence-corrected chi connectivity index (χ4v) is 2.09. The molecule has 74 valence electrons. The summed E-state index contributed by atoms with van der Waals surface area (Å²) in [6.45, 7) is 0. The molecule has 2 saturated carbocycles. The first-order valence-electron chi connectivity index (χ1n) is 5.57. The topological polar surface area (TPSA) is 26.3 Å². The second-order valence-corrected chi connectivity index (χ2v) is 4.32. The van der Waals surface area contributed by atoms with Gasteiger partial charge in [0.15, 0.2) is 0 Å². The van der Waals surface area contributed by atoms with Gasteiger partial charge in [0.2, 0.25) is 0 Å². The maximum Gasteiger partial charge on any atom is 0.309 e. The van der Waals surface area contributed by atoms with Gasteiger partial charge in [-0.1, -0.05) is 12.8 Å². The van der Waals surface area contributed by atoms with Gasteiger partial charge in [0.1, 0.15) is 6.10 Å². The summed E-state index contributed by atoms with van der Waals surface area (Å²) in [5, 5.41) is 0. The molecule has 0 spiro atoms. The Bertz CT molecular complexity index is 179. The first-order valence-corrected chi connectivity index (χ1v) is 5.57. The molecule has 2 fully saturated rings. The smallest absolute Gasteiger partial charge is 0.309 e. The van der Waals surface area contributed by atoms with E-state index in [1.54, 1.807) is 0 Å². The number of esters is 1. The molecule has 2 nitrogen and oxygen atoms in total. The highest BCUT2D eigenvalue weighted by Crippen LogP contribution is 2.29. The average molecular weight is 182 g/mol. The lowest BCUT2D eigenvalue weighted by Gasteiger charge is -2.28. The third-order valence-electron chi connectivity index (χ3n) is 3.27. The van der Waals surface area contributed by atoms with Crippen molar-refractivity contribution < 1.29 is 9.53 Å². The van der Waals surface area contributed by atoms with Gasteiger partial charge in [-0.2, -0.15) is 0 Å². The van der Waals surface area contributed by atoms with Gasteiger partial charge in [0.05, 0.1) is 5.92 Å². The lowest BCUT2D eigenvalue weighted by molar-refractivity contribution is -0.158. The highest BCUT2D eigenvalue weighted by atomic mass is 16.5. The summed E-state index contributed by atoms with van der Waals surface area (Å²) in [6, 6.07) is 0. The van der Waals surface area contributed by atoms with Crippen molar-refractivity contribution in [2.75, 3.05) is 0 Å². The van der Waals surface area contributed by atoms with Crippen LogP contribution >= 0.6 is 0 Å². The molecule has 0 saturated heterocycles. The molecule has 0 aromatic rings. The fraction of sp³-hybridized carbons (Fsp3) is 0.909. The number of hydrogen-bond acceptors (Lipinski definition) is 2. The van der Waals surface area contributed by atoms with Crippen LogP contribution in [0, 0.1) is 5.92 Å². The number of ether oxygens (including phenoxy) is 1. The third kappa shape index (κ3) is 2.23. The minimum Gasteiger partial charge on any atom is -0.462 e. The predicted octanol–water partition coefficient (Wildman–Crippen LogP) is 2.66. The van der Waals surface area contributed by atoms with E-state index in [-0.39, 0.29) is 18.0 Å². The fourth-order valence-electron chi connectivity index (χ4n) is 2.09. The Balaban J connectivity index is 1.72. The lowest BCUT2D eigenvalue weighted by Crippen LogP contribution is -2.29. The lowest BCUT2D eigenvalue weighted by atomic mass is 9.85. The molecule has 2 rings (SSSR count). The Kier molecular flexibility index (Phi) is 2.87. The van der Waals surface area contributed by atoms with E-state index in [4.69, 9.17) is 4.74 Å². The summed E-state index contributed by atoms with van der Waals surface area (Å²) in [5.74, 6) is 0.333.